The molecule has 2 heterocycles. The maximum atomic E-state index is 12.3. The van der Waals surface area contributed by atoms with Crippen molar-refractivity contribution in [2.45, 2.75) is 46.2 Å². The molecule has 0 aromatic carbocycles. The van der Waals surface area contributed by atoms with Gasteiger partial charge in [0, 0.05) is 0 Å². The maximum Gasteiger partial charge on any atom is 0.246 e. The number of hydrogen-bond donors (Lipinski definition) is 1. The summed E-state index contributed by atoms with van der Waals surface area (Å²) in [6.45, 7) is 8.25. The molecule has 0 saturated carbocycles. The molecule has 0 bridgehead atoms. The van der Waals surface area contributed by atoms with Gasteiger partial charge in [-0.25, -0.2) is 0 Å². The Bertz CT molecular complexity index is 424. The zero-order valence-corrected chi connectivity index (χ0v) is 11.8. The van der Waals surface area contributed by atoms with Crippen LogP contribution in [0.4, 0.5) is 0 Å². The van der Waals surface area contributed by atoms with Gasteiger partial charge in [-0.15, -0.1) is 0 Å². The normalized spacial score (nSPS) is 17.9. The van der Waals surface area contributed by atoms with E-state index >= 15 is 0 Å². The van der Waals surface area contributed by atoms with Gasteiger partial charge in [0.1, 0.15) is 0 Å². The number of rotatable bonds is 5. The second-order valence-electron chi connectivity index (χ2n) is 5.39. The Hall–Kier alpha value is -1.43. The predicted molar refractivity (Wildman–Crippen MR) is 70.3 cm³/mol. The number of aromatic nitrogens is 2. The highest BCUT2D eigenvalue weighted by Crippen LogP contribution is 2.17. The van der Waals surface area contributed by atoms with Crippen LogP contribution >= 0.6 is 0 Å². The van der Waals surface area contributed by atoms with Crippen LogP contribution < -0.4 is 5.32 Å². The summed E-state index contributed by atoms with van der Waals surface area (Å²) in [5, 5.41) is 6.60. The third-order valence-electron chi connectivity index (χ3n) is 3.42. The average molecular weight is 266 g/mol. The largest absolute Gasteiger partial charge is 0.346 e. The Morgan fingerprint density at radius 3 is 2.63 bits per heavy atom. The Morgan fingerprint density at radius 1 is 1.42 bits per heavy atom. The molecule has 1 aromatic heterocycles. The number of amides is 1. The molecule has 2 rings (SSSR count). The van der Waals surface area contributed by atoms with Gasteiger partial charge in [-0.1, -0.05) is 19.0 Å². The van der Waals surface area contributed by atoms with Crippen molar-refractivity contribution in [1.29, 1.82) is 0 Å². The van der Waals surface area contributed by atoms with E-state index in [4.69, 9.17) is 4.52 Å². The Balaban J connectivity index is 1.92. The van der Waals surface area contributed by atoms with Gasteiger partial charge in [-0.3, -0.25) is 9.69 Å². The lowest BCUT2D eigenvalue weighted by Gasteiger charge is -2.29. The quantitative estimate of drug-likeness (QED) is 0.864. The molecule has 19 heavy (non-hydrogen) atoms. The van der Waals surface area contributed by atoms with Crippen molar-refractivity contribution in [1.82, 2.24) is 20.4 Å². The van der Waals surface area contributed by atoms with Gasteiger partial charge in [0.25, 0.3) is 0 Å². The van der Waals surface area contributed by atoms with Gasteiger partial charge >= 0.3 is 0 Å². The summed E-state index contributed by atoms with van der Waals surface area (Å²) in [6.07, 6.45) is 2.36. The third-order valence-corrected chi connectivity index (χ3v) is 3.42. The summed E-state index contributed by atoms with van der Waals surface area (Å²) in [7, 11) is 0. The van der Waals surface area contributed by atoms with Crippen LogP contribution in [0.15, 0.2) is 4.52 Å². The van der Waals surface area contributed by atoms with Crippen molar-refractivity contribution in [2.24, 2.45) is 5.92 Å². The number of carbonyl (C=O) groups is 1. The van der Waals surface area contributed by atoms with E-state index < -0.39 is 0 Å². The summed E-state index contributed by atoms with van der Waals surface area (Å²) < 4.78 is 4.99. The summed E-state index contributed by atoms with van der Waals surface area (Å²) in [6, 6.07) is -0.0634. The van der Waals surface area contributed by atoms with Crippen LogP contribution in [0, 0.1) is 12.8 Å². The van der Waals surface area contributed by atoms with Crippen molar-refractivity contribution >= 4 is 5.91 Å². The molecule has 0 spiro atoms. The first-order valence-corrected chi connectivity index (χ1v) is 6.89. The van der Waals surface area contributed by atoms with E-state index in [1.165, 1.54) is 12.8 Å². The fourth-order valence-electron chi connectivity index (χ4n) is 2.59. The number of aryl methyl sites for hydroxylation is 1. The van der Waals surface area contributed by atoms with Gasteiger partial charge in [-0.05, 0) is 38.8 Å². The van der Waals surface area contributed by atoms with Crippen LogP contribution in [-0.4, -0.2) is 40.1 Å². The summed E-state index contributed by atoms with van der Waals surface area (Å²) in [4.78, 5) is 18.7. The van der Waals surface area contributed by atoms with Crippen molar-refractivity contribution in [3.63, 3.8) is 0 Å². The molecule has 0 aliphatic carbocycles. The van der Waals surface area contributed by atoms with Crippen molar-refractivity contribution in [2.75, 3.05) is 13.1 Å². The second kappa shape index (κ2) is 6.14. The van der Waals surface area contributed by atoms with Gasteiger partial charge in [0.05, 0.1) is 12.6 Å². The van der Waals surface area contributed by atoms with Gasteiger partial charge in [0.2, 0.25) is 11.8 Å². The molecule has 106 valence electrons. The lowest BCUT2D eigenvalue weighted by atomic mass is 10.0. The minimum absolute atomic E-state index is 0.0488. The SMILES string of the molecule is Cc1noc(CNC(=O)C(C(C)C)N2CCCC2)n1. The molecule has 1 fully saturated rings. The first-order chi connectivity index (χ1) is 9.08. The van der Waals surface area contributed by atoms with Crippen LogP contribution in [0.2, 0.25) is 0 Å². The Labute approximate surface area is 113 Å². The highest BCUT2D eigenvalue weighted by Gasteiger charge is 2.30. The maximum absolute atomic E-state index is 12.3. The van der Waals surface area contributed by atoms with Crippen LogP contribution in [0.1, 0.15) is 38.4 Å². The molecule has 1 aliphatic rings. The number of nitrogens with one attached hydrogen (secondary N) is 1. The van der Waals surface area contributed by atoms with E-state index in [-0.39, 0.29) is 11.9 Å². The first kappa shape index (κ1) is 14.0. The van der Waals surface area contributed by atoms with Gasteiger partial charge in [-0.2, -0.15) is 4.98 Å². The molecule has 1 aliphatic heterocycles. The zero-order valence-electron chi connectivity index (χ0n) is 11.8. The molecule has 1 saturated heterocycles. The number of likely N-dealkylation sites (tertiary alicyclic amines) is 1. The molecule has 1 aromatic rings. The minimum Gasteiger partial charge on any atom is -0.346 e. The summed E-state index contributed by atoms with van der Waals surface area (Å²) in [5.74, 6) is 1.38. The van der Waals surface area contributed by atoms with Gasteiger partial charge in [0.15, 0.2) is 5.82 Å². The van der Waals surface area contributed by atoms with Crippen molar-refractivity contribution in [3.05, 3.63) is 11.7 Å². The van der Waals surface area contributed by atoms with E-state index in [0.29, 0.717) is 24.2 Å². The zero-order chi connectivity index (χ0) is 13.8. The van der Waals surface area contributed by atoms with E-state index in [9.17, 15) is 4.79 Å². The molecule has 6 heteroatoms. The lowest BCUT2D eigenvalue weighted by Crippen LogP contribution is -2.48. The fourth-order valence-corrected chi connectivity index (χ4v) is 2.59. The molecule has 1 amide bonds. The summed E-state index contributed by atoms with van der Waals surface area (Å²) >= 11 is 0. The highest BCUT2D eigenvalue weighted by molar-refractivity contribution is 5.81. The molecule has 1 atom stereocenters. The molecule has 1 N–H and O–H groups in total. The standard InChI is InChI=1S/C13H22N4O2/c1-9(2)12(17-6-4-5-7-17)13(18)14-8-11-15-10(3)16-19-11/h9,12H,4-8H2,1-3H3,(H,14,18). The number of hydrogen-bond acceptors (Lipinski definition) is 5. The van der Waals surface area contributed by atoms with E-state index in [1.54, 1.807) is 6.92 Å². The molecular weight excluding hydrogens is 244 g/mol. The lowest BCUT2D eigenvalue weighted by molar-refractivity contribution is -0.127. The number of nitrogens with zero attached hydrogens (tertiary/aromatic N) is 3. The van der Waals surface area contributed by atoms with Crippen molar-refractivity contribution < 1.29 is 9.32 Å². The predicted octanol–water partition coefficient (Wildman–Crippen LogP) is 1.11. The second-order valence-corrected chi connectivity index (χ2v) is 5.39. The number of carbonyl (C=O) groups excluding carboxylic acids is 1. The summed E-state index contributed by atoms with van der Waals surface area (Å²) in [5.41, 5.74) is 0. The van der Waals surface area contributed by atoms with E-state index in [1.807, 2.05) is 0 Å². The molecular formula is C13H22N4O2. The molecule has 1 unspecified atom stereocenters. The average Bonchev–Trinajstić information content (AvgIpc) is 2.98. The highest BCUT2D eigenvalue weighted by atomic mass is 16.5. The topological polar surface area (TPSA) is 71.3 Å². The van der Waals surface area contributed by atoms with Crippen LogP contribution in [-0.2, 0) is 11.3 Å². The monoisotopic (exact) mass is 266 g/mol. The van der Waals surface area contributed by atoms with E-state index in [2.05, 4.69) is 34.2 Å². The Morgan fingerprint density at radius 2 is 2.11 bits per heavy atom. The van der Waals surface area contributed by atoms with Crippen molar-refractivity contribution in [3.8, 4) is 0 Å². The first-order valence-electron chi connectivity index (χ1n) is 6.89. The van der Waals surface area contributed by atoms with Crippen LogP contribution in [0.3, 0.4) is 0 Å². The third kappa shape index (κ3) is 3.53. The fraction of sp³-hybridized carbons (Fsp3) is 0.769. The van der Waals surface area contributed by atoms with E-state index in [0.717, 1.165) is 13.1 Å². The Kier molecular flexibility index (Phi) is 4.52. The van der Waals surface area contributed by atoms with Gasteiger partial charge < -0.3 is 9.84 Å². The van der Waals surface area contributed by atoms with Crippen LogP contribution in [0.25, 0.3) is 0 Å². The van der Waals surface area contributed by atoms with Crippen LogP contribution in [0.5, 0.6) is 0 Å². The molecule has 0 radical (unpaired) electrons. The minimum atomic E-state index is -0.0634. The molecule has 6 nitrogen and oxygen atoms in total. The smallest absolute Gasteiger partial charge is 0.246 e.